The Morgan fingerprint density at radius 2 is 2.17 bits per heavy atom. The predicted octanol–water partition coefficient (Wildman–Crippen LogP) is 2.23. The fraction of sp³-hybridized carbons (Fsp3) is 0.312. The number of rotatable bonds is 4. The third-order valence-corrected chi connectivity index (χ3v) is 4.73. The molecule has 4 rings (SSSR count). The average Bonchev–Trinajstić information content (AvgIpc) is 3.23. The number of nitrogens with one attached hydrogen (secondary N) is 1. The molecule has 2 N–H and O–H groups in total. The molecule has 4 heterocycles. The van der Waals surface area contributed by atoms with Crippen molar-refractivity contribution in [1.29, 1.82) is 0 Å². The van der Waals surface area contributed by atoms with Crippen LogP contribution in [0.3, 0.4) is 0 Å². The van der Waals surface area contributed by atoms with Gasteiger partial charge >= 0.3 is 0 Å². The fourth-order valence-electron chi connectivity index (χ4n) is 2.97. The van der Waals surface area contributed by atoms with Gasteiger partial charge in [-0.2, -0.15) is 9.61 Å². The number of aromatic nitrogens is 4. The molecule has 1 aliphatic heterocycles. The van der Waals surface area contributed by atoms with Gasteiger partial charge in [-0.05, 0) is 34.8 Å². The monoisotopic (exact) mass is 389 g/mol. The Balaban J connectivity index is 1.67. The van der Waals surface area contributed by atoms with E-state index in [4.69, 9.17) is 4.98 Å². The van der Waals surface area contributed by atoms with Crippen LogP contribution in [0.1, 0.15) is 18.4 Å². The summed E-state index contributed by atoms with van der Waals surface area (Å²) in [4.78, 5) is 7.04. The molecule has 0 spiro atoms. The van der Waals surface area contributed by atoms with Gasteiger partial charge in [0.25, 0.3) is 0 Å². The molecule has 0 radical (unpaired) electrons. The zero-order chi connectivity index (χ0) is 16.5. The summed E-state index contributed by atoms with van der Waals surface area (Å²) in [5.74, 6) is 1.84. The minimum absolute atomic E-state index is 0.581. The fourth-order valence-corrected chi connectivity index (χ4v) is 3.31. The lowest BCUT2D eigenvalue weighted by atomic mass is 10.3. The first-order chi connectivity index (χ1) is 11.7. The van der Waals surface area contributed by atoms with Crippen LogP contribution in [-0.4, -0.2) is 32.9 Å². The second-order valence-corrected chi connectivity index (χ2v) is 6.72. The summed E-state index contributed by atoms with van der Waals surface area (Å²) in [5, 5.41) is 17.3. The largest absolute Gasteiger partial charge is 0.366 e. The highest BCUT2D eigenvalue weighted by atomic mass is 79.9. The summed E-state index contributed by atoms with van der Waals surface area (Å²) in [6, 6.07) is 5.80. The van der Waals surface area contributed by atoms with E-state index in [1.54, 1.807) is 29.2 Å². The van der Waals surface area contributed by atoms with E-state index in [2.05, 4.69) is 31.2 Å². The molecule has 0 aromatic carbocycles. The second-order valence-electron chi connectivity index (χ2n) is 5.87. The summed E-state index contributed by atoms with van der Waals surface area (Å²) in [5.41, 5.74) is 1.77. The molecular formula is C16H18BrN6O+. The van der Waals surface area contributed by atoms with Crippen LogP contribution in [0.15, 0.2) is 41.3 Å². The average molecular weight is 390 g/mol. The number of hydrogen-bond acceptors (Lipinski definition) is 5. The lowest BCUT2D eigenvalue weighted by Crippen LogP contribution is -2.29. The standard InChI is InChI=1S/C16H18BrN6O/c17-13-10-19-23-14(18-9-12-4-3-7-22(24)11-12)8-15(20-16(13)23)21-5-1-2-6-21/h3-4,7-8,10-11,18,24H,1-2,5-6,9H2/q+1. The van der Waals surface area contributed by atoms with Crippen molar-refractivity contribution in [2.75, 3.05) is 23.3 Å². The lowest BCUT2D eigenvalue weighted by Gasteiger charge is -2.18. The van der Waals surface area contributed by atoms with E-state index in [-0.39, 0.29) is 0 Å². The van der Waals surface area contributed by atoms with Crippen molar-refractivity contribution in [2.24, 2.45) is 0 Å². The molecule has 1 aliphatic rings. The van der Waals surface area contributed by atoms with E-state index >= 15 is 0 Å². The Morgan fingerprint density at radius 3 is 2.96 bits per heavy atom. The molecule has 0 saturated carbocycles. The topological polar surface area (TPSA) is 69.6 Å². The molecule has 0 unspecified atom stereocenters. The first-order valence-electron chi connectivity index (χ1n) is 7.93. The van der Waals surface area contributed by atoms with Crippen molar-refractivity contribution in [3.8, 4) is 0 Å². The molecule has 3 aromatic rings. The second kappa shape index (κ2) is 6.27. The van der Waals surface area contributed by atoms with Crippen LogP contribution in [0.2, 0.25) is 0 Å². The van der Waals surface area contributed by atoms with Crippen molar-refractivity contribution < 1.29 is 9.94 Å². The van der Waals surface area contributed by atoms with Crippen LogP contribution in [0.25, 0.3) is 5.65 Å². The molecular weight excluding hydrogens is 372 g/mol. The normalized spacial score (nSPS) is 14.5. The van der Waals surface area contributed by atoms with Crippen LogP contribution < -0.4 is 14.9 Å². The SMILES string of the molecule is O[n+]1cccc(CNc2cc(N3CCCC3)nc3c(Br)cnn23)c1. The molecule has 8 heteroatoms. The molecule has 1 saturated heterocycles. The number of nitrogens with zero attached hydrogens (tertiary/aromatic N) is 5. The van der Waals surface area contributed by atoms with Crippen molar-refractivity contribution >= 4 is 33.2 Å². The summed E-state index contributed by atoms with van der Waals surface area (Å²) in [6.07, 6.45) is 7.43. The molecule has 7 nitrogen and oxygen atoms in total. The number of hydrogen-bond donors (Lipinski definition) is 2. The molecule has 0 bridgehead atoms. The van der Waals surface area contributed by atoms with Crippen molar-refractivity contribution in [2.45, 2.75) is 19.4 Å². The van der Waals surface area contributed by atoms with Gasteiger partial charge in [-0.1, -0.05) is 0 Å². The number of pyridine rings is 1. The highest BCUT2D eigenvalue weighted by Gasteiger charge is 2.17. The predicted molar refractivity (Wildman–Crippen MR) is 93.3 cm³/mol. The van der Waals surface area contributed by atoms with Gasteiger partial charge in [0.05, 0.1) is 10.7 Å². The quantitative estimate of drug-likeness (QED) is 0.528. The van der Waals surface area contributed by atoms with E-state index in [0.29, 0.717) is 6.54 Å². The molecule has 0 atom stereocenters. The van der Waals surface area contributed by atoms with Gasteiger partial charge in [-0.25, -0.2) is 4.98 Å². The van der Waals surface area contributed by atoms with Gasteiger partial charge < -0.3 is 10.2 Å². The zero-order valence-corrected chi connectivity index (χ0v) is 14.6. The molecule has 24 heavy (non-hydrogen) atoms. The van der Waals surface area contributed by atoms with E-state index in [0.717, 1.165) is 45.1 Å². The Hall–Kier alpha value is -2.35. The summed E-state index contributed by atoms with van der Waals surface area (Å²) < 4.78 is 3.72. The van der Waals surface area contributed by atoms with Crippen molar-refractivity contribution in [3.05, 3.63) is 46.8 Å². The van der Waals surface area contributed by atoms with Gasteiger partial charge in [-0.15, -0.1) is 0 Å². The maximum absolute atomic E-state index is 9.52. The first kappa shape index (κ1) is 15.2. The Bertz CT molecular complexity index is 874. The number of fused-ring (bicyclic) bond motifs is 1. The van der Waals surface area contributed by atoms with Crippen molar-refractivity contribution in [3.63, 3.8) is 0 Å². The van der Waals surface area contributed by atoms with Crippen LogP contribution in [0.5, 0.6) is 0 Å². The third-order valence-electron chi connectivity index (χ3n) is 4.17. The van der Waals surface area contributed by atoms with Gasteiger partial charge in [-0.3, -0.25) is 5.21 Å². The number of halogens is 1. The van der Waals surface area contributed by atoms with Crippen LogP contribution in [-0.2, 0) is 6.54 Å². The molecule has 3 aromatic heterocycles. The van der Waals surface area contributed by atoms with Gasteiger partial charge in [0.1, 0.15) is 11.6 Å². The molecule has 1 fully saturated rings. The zero-order valence-electron chi connectivity index (χ0n) is 13.1. The smallest absolute Gasteiger partial charge is 0.227 e. The van der Waals surface area contributed by atoms with Gasteiger partial charge in [0.2, 0.25) is 12.4 Å². The van der Waals surface area contributed by atoms with Gasteiger partial charge in [0.15, 0.2) is 5.65 Å². The number of anilines is 2. The van der Waals surface area contributed by atoms with E-state index < -0.39 is 0 Å². The van der Waals surface area contributed by atoms with E-state index in [9.17, 15) is 5.21 Å². The molecule has 0 amide bonds. The van der Waals surface area contributed by atoms with Gasteiger partial charge in [0, 0.05) is 42.1 Å². The van der Waals surface area contributed by atoms with E-state index in [1.807, 2.05) is 12.1 Å². The molecule has 124 valence electrons. The van der Waals surface area contributed by atoms with Crippen LogP contribution >= 0.6 is 15.9 Å². The highest BCUT2D eigenvalue weighted by molar-refractivity contribution is 9.10. The maximum atomic E-state index is 9.52. The highest BCUT2D eigenvalue weighted by Crippen LogP contribution is 2.26. The Morgan fingerprint density at radius 1 is 1.33 bits per heavy atom. The van der Waals surface area contributed by atoms with Crippen LogP contribution in [0.4, 0.5) is 11.6 Å². The van der Waals surface area contributed by atoms with Crippen LogP contribution in [0, 0.1) is 0 Å². The Labute approximate surface area is 147 Å². The molecule has 0 aliphatic carbocycles. The lowest BCUT2D eigenvalue weighted by molar-refractivity contribution is -0.905. The maximum Gasteiger partial charge on any atom is 0.227 e. The van der Waals surface area contributed by atoms with E-state index in [1.165, 1.54) is 12.8 Å². The summed E-state index contributed by atoms with van der Waals surface area (Å²) in [7, 11) is 0. The minimum Gasteiger partial charge on any atom is -0.366 e. The van der Waals surface area contributed by atoms with Crippen molar-refractivity contribution in [1.82, 2.24) is 14.6 Å². The first-order valence-corrected chi connectivity index (χ1v) is 8.72. The third kappa shape index (κ3) is 2.89. The summed E-state index contributed by atoms with van der Waals surface area (Å²) >= 11 is 3.52. The summed E-state index contributed by atoms with van der Waals surface area (Å²) in [6.45, 7) is 2.66. The Kier molecular flexibility index (Phi) is 3.97. The minimum atomic E-state index is 0.581.